The van der Waals surface area contributed by atoms with Gasteiger partial charge < -0.3 is 5.11 Å². The van der Waals surface area contributed by atoms with E-state index in [-0.39, 0.29) is 6.04 Å². The molecule has 2 aliphatic carbocycles. The van der Waals surface area contributed by atoms with E-state index in [9.17, 15) is 9.90 Å². The molecule has 0 amide bonds. The molecule has 1 aromatic heterocycles. The molecule has 5 nitrogen and oxygen atoms in total. The molecular formula is C22H27N3O2. The first kappa shape index (κ1) is 17.0. The molecule has 3 unspecified atom stereocenters. The highest BCUT2D eigenvalue weighted by molar-refractivity contribution is 5.74. The minimum atomic E-state index is -0.663. The Morgan fingerprint density at radius 3 is 2.74 bits per heavy atom. The number of rotatable bonds is 4. The molecule has 1 aliphatic heterocycles. The molecule has 0 radical (unpaired) electrons. The molecule has 5 heteroatoms. The quantitative estimate of drug-likeness (QED) is 0.900. The van der Waals surface area contributed by atoms with Crippen molar-refractivity contribution in [2.24, 2.45) is 5.92 Å². The number of benzene rings is 1. The van der Waals surface area contributed by atoms with Gasteiger partial charge >= 0.3 is 5.97 Å². The summed E-state index contributed by atoms with van der Waals surface area (Å²) in [6, 6.07) is 10.4. The standard InChI is InChI=1S/C22H27N3O2/c26-22(27)21-13-15-7-4-5-11-19(15)24(21)14-18-17-10-6-12-20(17)25(23-18)16-8-2-1-3-9-16/h1-3,8-9,15,19,21H,4-7,10-14H2,(H,26,27). The second-order valence-corrected chi connectivity index (χ2v) is 8.35. The van der Waals surface area contributed by atoms with Crippen LogP contribution in [0.1, 0.15) is 55.5 Å². The van der Waals surface area contributed by atoms with Gasteiger partial charge in [-0.05, 0) is 62.1 Å². The van der Waals surface area contributed by atoms with Crippen molar-refractivity contribution in [2.75, 3.05) is 0 Å². The molecule has 0 spiro atoms. The first-order valence-electron chi connectivity index (χ1n) is 10.4. The van der Waals surface area contributed by atoms with Crippen LogP contribution in [0, 0.1) is 5.92 Å². The van der Waals surface area contributed by atoms with Crippen molar-refractivity contribution >= 4 is 5.97 Å². The zero-order chi connectivity index (χ0) is 18.4. The maximum atomic E-state index is 11.9. The van der Waals surface area contributed by atoms with Gasteiger partial charge in [-0.2, -0.15) is 5.10 Å². The van der Waals surface area contributed by atoms with Crippen molar-refractivity contribution < 1.29 is 9.90 Å². The molecule has 27 heavy (non-hydrogen) atoms. The highest BCUT2D eigenvalue weighted by Gasteiger charge is 2.45. The molecule has 1 aromatic carbocycles. The second-order valence-electron chi connectivity index (χ2n) is 8.35. The van der Waals surface area contributed by atoms with E-state index >= 15 is 0 Å². The summed E-state index contributed by atoms with van der Waals surface area (Å²) in [7, 11) is 0. The molecule has 142 valence electrons. The maximum Gasteiger partial charge on any atom is 0.320 e. The molecule has 1 saturated carbocycles. The van der Waals surface area contributed by atoms with E-state index in [4.69, 9.17) is 5.10 Å². The Balaban J connectivity index is 1.49. The lowest BCUT2D eigenvalue weighted by Gasteiger charge is -2.32. The maximum absolute atomic E-state index is 11.9. The van der Waals surface area contributed by atoms with Gasteiger partial charge in [0, 0.05) is 18.3 Å². The van der Waals surface area contributed by atoms with Gasteiger partial charge in [0.05, 0.1) is 11.4 Å². The number of carbonyl (C=O) groups is 1. The van der Waals surface area contributed by atoms with Gasteiger partial charge in [-0.1, -0.05) is 31.0 Å². The van der Waals surface area contributed by atoms with Crippen LogP contribution in [0.15, 0.2) is 30.3 Å². The van der Waals surface area contributed by atoms with Crippen molar-refractivity contribution in [3.05, 3.63) is 47.3 Å². The molecule has 3 atom stereocenters. The van der Waals surface area contributed by atoms with Gasteiger partial charge in [0.2, 0.25) is 0 Å². The van der Waals surface area contributed by atoms with E-state index in [0.717, 1.165) is 37.1 Å². The largest absolute Gasteiger partial charge is 0.480 e. The van der Waals surface area contributed by atoms with Crippen molar-refractivity contribution in [3.8, 4) is 5.69 Å². The summed E-state index contributed by atoms with van der Waals surface area (Å²) >= 11 is 0. The lowest BCUT2D eigenvalue weighted by molar-refractivity contribution is -0.142. The Morgan fingerprint density at radius 2 is 1.93 bits per heavy atom. The fourth-order valence-electron chi connectivity index (χ4n) is 5.62. The Bertz CT molecular complexity index is 845. The Morgan fingerprint density at radius 1 is 1.11 bits per heavy atom. The van der Waals surface area contributed by atoms with Gasteiger partial charge in [-0.25, -0.2) is 4.68 Å². The van der Waals surface area contributed by atoms with Crippen LogP contribution in [-0.2, 0) is 24.2 Å². The number of likely N-dealkylation sites (tertiary alicyclic amines) is 1. The third-order valence-electron chi connectivity index (χ3n) is 6.85. The van der Waals surface area contributed by atoms with E-state index in [1.54, 1.807) is 0 Å². The SMILES string of the molecule is O=C(O)C1CC2CCCCC2N1Cc1nn(-c2ccccc2)c2c1CCC2. The number of aliphatic carboxylic acids is 1. The monoisotopic (exact) mass is 365 g/mol. The zero-order valence-electron chi connectivity index (χ0n) is 15.7. The third kappa shape index (κ3) is 2.89. The number of nitrogens with zero attached hydrogens (tertiary/aromatic N) is 3. The van der Waals surface area contributed by atoms with E-state index in [1.807, 2.05) is 18.2 Å². The van der Waals surface area contributed by atoms with Crippen LogP contribution in [0.4, 0.5) is 0 Å². The molecule has 2 fully saturated rings. The van der Waals surface area contributed by atoms with E-state index in [0.29, 0.717) is 18.5 Å². The molecule has 1 N–H and O–H groups in total. The fourth-order valence-corrected chi connectivity index (χ4v) is 5.62. The predicted octanol–water partition coefficient (Wildman–Crippen LogP) is 3.58. The van der Waals surface area contributed by atoms with Crippen LogP contribution in [0.25, 0.3) is 5.69 Å². The lowest BCUT2D eigenvalue weighted by atomic mass is 9.84. The van der Waals surface area contributed by atoms with Gasteiger partial charge in [0.15, 0.2) is 0 Å². The smallest absolute Gasteiger partial charge is 0.320 e. The van der Waals surface area contributed by atoms with Crippen LogP contribution < -0.4 is 0 Å². The number of carboxylic acid groups (broad SMARTS) is 1. The van der Waals surface area contributed by atoms with Gasteiger partial charge in [-0.3, -0.25) is 9.69 Å². The summed E-state index contributed by atoms with van der Waals surface area (Å²) in [5.41, 5.74) is 4.89. The number of hydrogen-bond donors (Lipinski definition) is 1. The summed E-state index contributed by atoms with van der Waals surface area (Å²) < 4.78 is 2.10. The highest BCUT2D eigenvalue weighted by atomic mass is 16.4. The zero-order valence-corrected chi connectivity index (χ0v) is 15.7. The summed E-state index contributed by atoms with van der Waals surface area (Å²) in [5, 5.41) is 14.8. The molecule has 3 aliphatic rings. The Hall–Kier alpha value is -2.14. The van der Waals surface area contributed by atoms with Crippen molar-refractivity contribution in [1.82, 2.24) is 14.7 Å². The molecule has 1 saturated heterocycles. The van der Waals surface area contributed by atoms with Crippen LogP contribution in [0.2, 0.25) is 0 Å². The average Bonchev–Trinajstić information content (AvgIpc) is 3.38. The number of hydrogen-bond acceptors (Lipinski definition) is 3. The summed E-state index contributed by atoms with van der Waals surface area (Å²) in [6.45, 7) is 0.681. The second kappa shape index (κ2) is 6.79. The number of carboxylic acids is 1. The number of aromatic nitrogens is 2. The summed E-state index contributed by atoms with van der Waals surface area (Å²) in [4.78, 5) is 14.2. The van der Waals surface area contributed by atoms with E-state index in [1.165, 1.54) is 36.9 Å². The van der Waals surface area contributed by atoms with Gasteiger partial charge in [-0.15, -0.1) is 0 Å². The molecule has 5 rings (SSSR count). The normalized spacial score (nSPS) is 27.5. The summed E-state index contributed by atoms with van der Waals surface area (Å²) in [6.07, 6.45) is 8.89. The minimum Gasteiger partial charge on any atom is -0.480 e. The predicted molar refractivity (Wildman–Crippen MR) is 103 cm³/mol. The Labute approximate surface area is 160 Å². The van der Waals surface area contributed by atoms with Gasteiger partial charge in [0.25, 0.3) is 0 Å². The highest BCUT2D eigenvalue weighted by Crippen LogP contribution is 2.41. The van der Waals surface area contributed by atoms with Crippen molar-refractivity contribution in [1.29, 1.82) is 0 Å². The lowest BCUT2D eigenvalue weighted by Crippen LogP contribution is -2.41. The third-order valence-corrected chi connectivity index (χ3v) is 6.85. The first-order valence-corrected chi connectivity index (χ1v) is 10.4. The fraction of sp³-hybridized carbons (Fsp3) is 0.545. The molecule has 0 bridgehead atoms. The van der Waals surface area contributed by atoms with Crippen LogP contribution >= 0.6 is 0 Å². The van der Waals surface area contributed by atoms with Crippen LogP contribution in [0.5, 0.6) is 0 Å². The first-order chi connectivity index (χ1) is 13.2. The molecular weight excluding hydrogens is 338 g/mol. The number of para-hydroxylation sites is 1. The van der Waals surface area contributed by atoms with Crippen molar-refractivity contribution in [3.63, 3.8) is 0 Å². The average molecular weight is 365 g/mol. The van der Waals surface area contributed by atoms with Crippen molar-refractivity contribution in [2.45, 2.75) is 70.0 Å². The Kier molecular flexibility index (Phi) is 4.27. The van der Waals surface area contributed by atoms with Crippen LogP contribution in [-0.4, -0.2) is 37.8 Å². The minimum absolute atomic E-state index is 0.350. The summed E-state index contributed by atoms with van der Waals surface area (Å²) in [5.74, 6) is -0.118. The number of fused-ring (bicyclic) bond motifs is 2. The van der Waals surface area contributed by atoms with Crippen LogP contribution in [0.3, 0.4) is 0 Å². The topological polar surface area (TPSA) is 58.4 Å². The van der Waals surface area contributed by atoms with E-state index in [2.05, 4.69) is 21.7 Å². The molecule has 2 heterocycles. The molecule has 2 aromatic rings. The van der Waals surface area contributed by atoms with E-state index < -0.39 is 5.97 Å². The van der Waals surface area contributed by atoms with Gasteiger partial charge in [0.1, 0.15) is 6.04 Å².